The highest BCUT2D eigenvalue weighted by molar-refractivity contribution is 7.13. The Morgan fingerprint density at radius 2 is 1.16 bits per heavy atom. The van der Waals surface area contributed by atoms with Crippen LogP contribution in [0.1, 0.15) is 37.9 Å². The molecule has 0 spiro atoms. The van der Waals surface area contributed by atoms with E-state index in [1.165, 1.54) is 15.3 Å². The fourth-order valence-corrected chi connectivity index (χ4v) is 9.49. The van der Waals surface area contributed by atoms with E-state index in [2.05, 4.69) is 152 Å². The van der Waals surface area contributed by atoms with Gasteiger partial charge in [0, 0.05) is 41.5 Å². The average molecular weight is 681 g/mol. The van der Waals surface area contributed by atoms with Crippen LogP contribution >= 0.6 is 22.7 Å². The molecule has 3 aliphatic rings. The van der Waals surface area contributed by atoms with Crippen LogP contribution in [0, 0.1) is 0 Å². The molecular formula is C45H32N2OS2. The van der Waals surface area contributed by atoms with Crippen LogP contribution in [0.25, 0.3) is 16.7 Å². The SMILES string of the molecule is COc1ccc(/C2=c3\cc/c(s3)=C(\c3ccccc3)C3=N/C(=C(/c4ccccc4)c4ccc(s4)C(c4ccccc4)C4C=CC2=N4)C=C3)cc1. The second-order valence-corrected chi connectivity index (χ2v) is 14.6. The minimum atomic E-state index is -0.0604. The van der Waals surface area contributed by atoms with Crippen molar-refractivity contribution < 1.29 is 4.74 Å². The van der Waals surface area contributed by atoms with E-state index in [9.17, 15) is 0 Å². The van der Waals surface area contributed by atoms with Crippen LogP contribution in [0.5, 0.6) is 5.75 Å². The largest absolute Gasteiger partial charge is 0.497 e. The summed E-state index contributed by atoms with van der Waals surface area (Å²) in [5, 5.41) is 0. The molecule has 0 aliphatic carbocycles. The van der Waals surface area contributed by atoms with Crippen molar-refractivity contribution in [1.29, 1.82) is 0 Å². The normalized spacial score (nSPS) is 21.6. The van der Waals surface area contributed by atoms with E-state index in [1.54, 1.807) is 18.4 Å². The van der Waals surface area contributed by atoms with E-state index in [4.69, 9.17) is 14.7 Å². The van der Waals surface area contributed by atoms with Crippen molar-refractivity contribution in [1.82, 2.24) is 0 Å². The predicted molar refractivity (Wildman–Crippen MR) is 210 cm³/mol. The maximum Gasteiger partial charge on any atom is 0.118 e. The first-order chi connectivity index (χ1) is 24.7. The summed E-state index contributed by atoms with van der Waals surface area (Å²) in [6.07, 6.45) is 8.88. The lowest BCUT2D eigenvalue weighted by Crippen LogP contribution is -2.15. The van der Waals surface area contributed by atoms with Gasteiger partial charge in [-0.25, -0.2) is 4.99 Å². The summed E-state index contributed by atoms with van der Waals surface area (Å²) in [7, 11) is 1.71. The van der Waals surface area contributed by atoms with Crippen LogP contribution in [-0.2, 0) is 0 Å². The first-order valence-corrected chi connectivity index (χ1v) is 18.4. The monoisotopic (exact) mass is 680 g/mol. The first kappa shape index (κ1) is 30.4. The number of allylic oxidation sites excluding steroid dienone is 3. The van der Waals surface area contributed by atoms with Crippen molar-refractivity contribution in [3.63, 3.8) is 0 Å². The van der Waals surface area contributed by atoms with Gasteiger partial charge in [-0.1, -0.05) is 109 Å². The van der Waals surface area contributed by atoms with Crippen LogP contribution in [0.3, 0.4) is 0 Å². The van der Waals surface area contributed by atoms with E-state index >= 15 is 0 Å². The van der Waals surface area contributed by atoms with Crippen LogP contribution in [0.2, 0.25) is 0 Å². The van der Waals surface area contributed by atoms with Gasteiger partial charge in [0.2, 0.25) is 0 Å². The van der Waals surface area contributed by atoms with Gasteiger partial charge in [-0.3, -0.25) is 4.99 Å². The molecule has 2 atom stereocenters. The van der Waals surface area contributed by atoms with Gasteiger partial charge < -0.3 is 4.74 Å². The number of fused-ring (bicyclic) bond motifs is 6. The molecule has 5 heteroatoms. The van der Waals surface area contributed by atoms with Gasteiger partial charge in [-0.05, 0) is 76.9 Å². The maximum absolute atomic E-state index is 5.53. The Balaban J connectivity index is 1.37. The van der Waals surface area contributed by atoms with Crippen molar-refractivity contribution in [2.45, 2.75) is 12.0 Å². The van der Waals surface area contributed by atoms with Gasteiger partial charge in [0.1, 0.15) is 5.75 Å². The van der Waals surface area contributed by atoms with Gasteiger partial charge in [-0.2, -0.15) is 0 Å². The summed E-state index contributed by atoms with van der Waals surface area (Å²) in [5.74, 6) is 0.893. The number of methoxy groups -OCH3 is 1. The second kappa shape index (κ2) is 13.0. The number of aliphatic imine (C=N–C) groups is 2. The van der Waals surface area contributed by atoms with Gasteiger partial charge in [-0.15, -0.1) is 22.7 Å². The summed E-state index contributed by atoms with van der Waals surface area (Å²) in [5.41, 5.74) is 11.0. The van der Waals surface area contributed by atoms with Crippen molar-refractivity contribution >= 4 is 50.8 Å². The molecule has 2 unspecified atom stereocenters. The van der Waals surface area contributed by atoms with Crippen molar-refractivity contribution in [3.05, 3.63) is 211 Å². The Labute approximate surface area is 299 Å². The summed E-state index contributed by atoms with van der Waals surface area (Å²) >= 11 is 3.63. The third-order valence-electron chi connectivity index (χ3n) is 9.43. The summed E-state index contributed by atoms with van der Waals surface area (Å²) < 4.78 is 7.85. The second-order valence-electron chi connectivity index (χ2n) is 12.4. The summed E-state index contributed by atoms with van der Waals surface area (Å²) in [6, 6.07) is 49.5. The quantitative estimate of drug-likeness (QED) is 0.179. The molecule has 0 N–H and O–H groups in total. The lowest BCUT2D eigenvalue weighted by molar-refractivity contribution is 0.415. The van der Waals surface area contributed by atoms with E-state index < -0.39 is 0 Å². The Morgan fingerprint density at radius 1 is 0.540 bits per heavy atom. The lowest BCUT2D eigenvalue weighted by atomic mass is 9.90. The minimum Gasteiger partial charge on any atom is -0.497 e. The fraction of sp³-hybridized carbons (Fsp3) is 0.0667. The average Bonchev–Trinajstić information content (AvgIpc) is 4.01. The molecule has 2 aromatic heterocycles. The highest BCUT2D eigenvalue weighted by Crippen LogP contribution is 2.42. The maximum atomic E-state index is 5.53. The molecule has 3 nitrogen and oxygen atoms in total. The fourth-order valence-electron chi connectivity index (χ4n) is 7.08. The number of hydrogen-bond acceptors (Lipinski definition) is 5. The Kier molecular flexibility index (Phi) is 7.92. The van der Waals surface area contributed by atoms with Crippen molar-refractivity contribution in [3.8, 4) is 5.75 Å². The molecule has 9 rings (SSSR count). The zero-order chi connectivity index (χ0) is 33.4. The first-order valence-electron chi connectivity index (χ1n) is 16.8. The highest BCUT2D eigenvalue weighted by atomic mass is 32.1. The molecule has 0 amide bonds. The smallest absolute Gasteiger partial charge is 0.118 e. The van der Waals surface area contributed by atoms with E-state index in [0.717, 1.165) is 65.3 Å². The molecule has 0 saturated heterocycles. The number of nitrogens with zero attached hydrogens (tertiary/aromatic N) is 2. The lowest BCUT2D eigenvalue weighted by Gasteiger charge is -2.20. The zero-order valence-corrected chi connectivity index (χ0v) is 29.0. The van der Waals surface area contributed by atoms with E-state index in [1.807, 2.05) is 23.5 Å². The summed E-state index contributed by atoms with van der Waals surface area (Å²) in [4.78, 5) is 13.4. The standard InChI is InChI=1S/C45H32N2OS2/c1-48-33-19-17-32(18-20-33)45-37-24-23-36(47-37)44(31-15-9-4-10-16-31)39-26-25-38(49-39)42(29-11-5-2-6-12-29)34-21-22-35(46-34)43(30-13-7-3-8-14-30)40-27-28-41(45)50-40/h2-28,36,44H,1H3/b42-34-,43-40-,45-41-. The molecule has 0 fully saturated rings. The molecule has 5 heterocycles. The molecule has 0 saturated carbocycles. The summed E-state index contributed by atoms with van der Waals surface area (Å²) in [6.45, 7) is 0. The number of hydrogen-bond donors (Lipinski definition) is 0. The highest BCUT2D eigenvalue weighted by Gasteiger charge is 2.30. The van der Waals surface area contributed by atoms with Gasteiger partial charge in [0.15, 0.2) is 0 Å². The third kappa shape index (κ3) is 5.55. The van der Waals surface area contributed by atoms with E-state index in [0.29, 0.717) is 0 Å². The molecular weight excluding hydrogens is 649 g/mol. The topological polar surface area (TPSA) is 34.0 Å². The molecule has 240 valence electrons. The Hall–Kier alpha value is -5.62. The van der Waals surface area contributed by atoms with E-state index in [-0.39, 0.29) is 12.0 Å². The van der Waals surface area contributed by atoms with Crippen LogP contribution in [0.4, 0.5) is 0 Å². The molecule has 0 radical (unpaired) electrons. The van der Waals surface area contributed by atoms with Gasteiger partial charge in [0.25, 0.3) is 0 Å². The van der Waals surface area contributed by atoms with Crippen molar-refractivity contribution in [2.24, 2.45) is 9.98 Å². The third-order valence-corrected chi connectivity index (χ3v) is 11.7. The Bertz CT molecular complexity index is 2500. The molecule has 3 aliphatic heterocycles. The number of benzene rings is 4. The minimum absolute atomic E-state index is 0.0604. The van der Waals surface area contributed by atoms with Crippen molar-refractivity contribution in [2.75, 3.05) is 7.11 Å². The predicted octanol–water partition coefficient (Wildman–Crippen LogP) is 9.21. The van der Waals surface area contributed by atoms with Crippen LogP contribution in [-0.4, -0.2) is 24.6 Å². The number of ether oxygens (including phenoxy) is 1. The van der Waals surface area contributed by atoms with Crippen LogP contribution in [0.15, 0.2) is 180 Å². The molecule has 50 heavy (non-hydrogen) atoms. The van der Waals surface area contributed by atoms with Gasteiger partial charge in [0.05, 0.1) is 30.3 Å². The Morgan fingerprint density at radius 3 is 1.84 bits per heavy atom. The number of rotatable bonds is 5. The molecule has 8 bridgehead atoms. The van der Waals surface area contributed by atoms with Gasteiger partial charge >= 0.3 is 0 Å². The number of thiophene rings is 2. The molecule has 6 aromatic rings. The van der Waals surface area contributed by atoms with Crippen LogP contribution < -0.4 is 13.8 Å². The molecule has 4 aromatic carbocycles. The zero-order valence-electron chi connectivity index (χ0n) is 27.4.